The quantitative estimate of drug-likeness (QED) is 0.627. The van der Waals surface area contributed by atoms with E-state index in [-0.39, 0.29) is 5.91 Å². The van der Waals surface area contributed by atoms with Gasteiger partial charge < -0.3 is 20.1 Å². The first-order valence-corrected chi connectivity index (χ1v) is 8.98. The largest absolute Gasteiger partial charge is 0.497 e. The van der Waals surface area contributed by atoms with Gasteiger partial charge in [0.15, 0.2) is 0 Å². The van der Waals surface area contributed by atoms with Crippen molar-refractivity contribution >= 4 is 23.0 Å². The Morgan fingerprint density at radius 1 is 1.00 bits per heavy atom. The van der Waals surface area contributed by atoms with Crippen molar-refractivity contribution in [3.8, 4) is 11.5 Å². The minimum absolute atomic E-state index is 0.286. The summed E-state index contributed by atoms with van der Waals surface area (Å²) in [4.78, 5) is 16.9. The van der Waals surface area contributed by atoms with Crippen molar-refractivity contribution in [3.63, 3.8) is 0 Å². The van der Waals surface area contributed by atoms with E-state index in [0.717, 1.165) is 17.8 Å². The van der Waals surface area contributed by atoms with Crippen LogP contribution >= 0.6 is 0 Å². The summed E-state index contributed by atoms with van der Waals surface area (Å²) in [5.41, 5.74) is 3.90. The van der Waals surface area contributed by atoms with Crippen LogP contribution in [-0.2, 0) is 6.42 Å². The minimum atomic E-state index is -0.286. The second kappa shape index (κ2) is 8.90. The van der Waals surface area contributed by atoms with Gasteiger partial charge in [-0.15, -0.1) is 0 Å². The summed E-state index contributed by atoms with van der Waals surface area (Å²) in [7, 11) is 3.12. The van der Waals surface area contributed by atoms with Crippen molar-refractivity contribution in [3.05, 3.63) is 72.1 Å². The molecule has 2 aromatic carbocycles. The van der Waals surface area contributed by atoms with Gasteiger partial charge in [0.25, 0.3) is 5.91 Å². The Balaban J connectivity index is 1.81. The van der Waals surface area contributed by atoms with Gasteiger partial charge in [0, 0.05) is 18.0 Å². The highest BCUT2D eigenvalue weighted by Crippen LogP contribution is 2.29. The second-order valence-corrected chi connectivity index (χ2v) is 6.12. The number of carbonyl (C=O) groups is 1. The lowest BCUT2D eigenvalue weighted by molar-refractivity contribution is 0.102. The fraction of sp³-hybridized carbons (Fsp3) is 0.182. The SMILES string of the molecule is CCc1ccccc1Nc1cncc(C(=O)Nc2cc(OC)ccc2OC)c1. The summed E-state index contributed by atoms with van der Waals surface area (Å²) in [6.07, 6.45) is 4.13. The van der Waals surface area contributed by atoms with E-state index in [0.29, 0.717) is 22.7 Å². The Bertz CT molecular complexity index is 973. The van der Waals surface area contributed by atoms with Gasteiger partial charge in [-0.3, -0.25) is 9.78 Å². The van der Waals surface area contributed by atoms with Crippen LogP contribution in [0.2, 0.25) is 0 Å². The van der Waals surface area contributed by atoms with Crippen molar-refractivity contribution < 1.29 is 14.3 Å². The molecule has 0 fully saturated rings. The predicted octanol–water partition coefficient (Wildman–Crippen LogP) is 4.66. The zero-order valence-electron chi connectivity index (χ0n) is 16.2. The fourth-order valence-corrected chi connectivity index (χ4v) is 2.84. The third-order valence-corrected chi connectivity index (χ3v) is 4.33. The van der Waals surface area contributed by atoms with E-state index in [1.807, 2.05) is 18.2 Å². The molecular formula is C22H23N3O3. The van der Waals surface area contributed by atoms with E-state index in [1.54, 1.807) is 44.7 Å². The minimum Gasteiger partial charge on any atom is -0.497 e. The molecule has 0 unspecified atom stereocenters. The molecule has 6 nitrogen and oxygen atoms in total. The number of para-hydroxylation sites is 1. The third-order valence-electron chi connectivity index (χ3n) is 4.33. The van der Waals surface area contributed by atoms with E-state index in [2.05, 4.69) is 28.6 Å². The molecule has 0 aliphatic carbocycles. The van der Waals surface area contributed by atoms with Gasteiger partial charge in [-0.25, -0.2) is 0 Å². The van der Waals surface area contributed by atoms with Gasteiger partial charge in [-0.1, -0.05) is 25.1 Å². The fourth-order valence-electron chi connectivity index (χ4n) is 2.84. The van der Waals surface area contributed by atoms with Gasteiger partial charge in [0.2, 0.25) is 0 Å². The van der Waals surface area contributed by atoms with Crippen LogP contribution in [0.4, 0.5) is 17.1 Å². The lowest BCUT2D eigenvalue weighted by Gasteiger charge is -2.13. The molecule has 1 aromatic heterocycles. The Kier molecular flexibility index (Phi) is 6.11. The Hall–Kier alpha value is -3.54. The van der Waals surface area contributed by atoms with E-state index in [1.165, 1.54) is 11.8 Å². The van der Waals surface area contributed by atoms with Gasteiger partial charge in [-0.2, -0.15) is 0 Å². The van der Waals surface area contributed by atoms with E-state index in [4.69, 9.17) is 9.47 Å². The first-order valence-electron chi connectivity index (χ1n) is 8.98. The molecular weight excluding hydrogens is 354 g/mol. The van der Waals surface area contributed by atoms with Crippen molar-refractivity contribution in [1.82, 2.24) is 4.98 Å². The van der Waals surface area contributed by atoms with Crippen molar-refractivity contribution in [2.75, 3.05) is 24.9 Å². The number of pyridine rings is 1. The van der Waals surface area contributed by atoms with Crippen LogP contribution in [0, 0.1) is 0 Å². The number of methoxy groups -OCH3 is 2. The summed E-state index contributed by atoms with van der Waals surface area (Å²) < 4.78 is 10.5. The molecule has 2 N–H and O–H groups in total. The molecule has 1 amide bonds. The van der Waals surface area contributed by atoms with E-state index < -0.39 is 0 Å². The first-order chi connectivity index (χ1) is 13.6. The molecule has 6 heteroatoms. The maximum absolute atomic E-state index is 12.7. The van der Waals surface area contributed by atoms with Crippen LogP contribution in [0.3, 0.4) is 0 Å². The number of hydrogen-bond acceptors (Lipinski definition) is 5. The van der Waals surface area contributed by atoms with Crippen LogP contribution < -0.4 is 20.1 Å². The maximum Gasteiger partial charge on any atom is 0.257 e. The smallest absolute Gasteiger partial charge is 0.257 e. The van der Waals surface area contributed by atoms with Gasteiger partial charge in [-0.05, 0) is 36.2 Å². The normalized spacial score (nSPS) is 10.2. The maximum atomic E-state index is 12.7. The van der Waals surface area contributed by atoms with Crippen LogP contribution in [0.1, 0.15) is 22.8 Å². The number of nitrogens with zero attached hydrogens (tertiary/aromatic N) is 1. The molecule has 3 rings (SSSR count). The van der Waals surface area contributed by atoms with Crippen LogP contribution in [0.5, 0.6) is 11.5 Å². The number of anilines is 3. The Morgan fingerprint density at radius 3 is 2.57 bits per heavy atom. The molecule has 0 atom stereocenters. The molecule has 3 aromatic rings. The highest BCUT2D eigenvalue weighted by atomic mass is 16.5. The summed E-state index contributed by atoms with van der Waals surface area (Å²) in [6.45, 7) is 2.10. The molecule has 28 heavy (non-hydrogen) atoms. The number of carbonyl (C=O) groups excluding carboxylic acids is 1. The second-order valence-electron chi connectivity index (χ2n) is 6.12. The summed E-state index contributed by atoms with van der Waals surface area (Å²) in [5, 5.41) is 6.19. The number of benzene rings is 2. The average Bonchev–Trinajstić information content (AvgIpc) is 2.74. The number of hydrogen-bond donors (Lipinski definition) is 2. The predicted molar refractivity (Wildman–Crippen MR) is 111 cm³/mol. The molecule has 0 saturated heterocycles. The number of amides is 1. The number of ether oxygens (including phenoxy) is 2. The topological polar surface area (TPSA) is 72.5 Å². The monoisotopic (exact) mass is 377 g/mol. The van der Waals surface area contributed by atoms with Crippen LogP contribution in [-0.4, -0.2) is 25.1 Å². The van der Waals surface area contributed by atoms with Crippen LogP contribution in [0.15, 0.2) is 60.9 Å². The summed E-state index contributed by atoms with van der Waals surface area (Å²) in [5.74, 6) is 0.889. The van der Waals surface area contributed by atoms with Crippen LogP contribution in [0.25, 0.3) is 0 Å². The number of aryl methyl sites for hydroxylation is 1. The molecule has 0 aliphatic heterocycles. The molecule has 1 heterocycles. The van der Waals surface area contributed by atoms with E-state index >= 15 is 0 Å². The lowest BCUT2D eigenvalue weighted by Crippen LogP contribution is -2.13. The van der Waals surface area contributed by atoms with Crippen molar-refractivity contribution in [1.29, 1.82) is 0 Å². The zero-order chi connectivity index (χ0) is 19.9. The van der Waals surface area contributed by atoms with Crippen molar-refractivity contribution in [2.24, 2.45) is 0 Å². The third kappa shape index (κ3) is 4.40. The summed E-state index contributed by atoms with van der Waals surface area (Å²) in [6, 6.07) is 15.0. The summed E-state index contributed by atoms with van der Waals surface area (Å²) >= 11 is 0. The molecule has 0 bridgehead atoms. The van der Waals surface area contributed by atoms with Gasteiger partial charge >= 0.3 is 0 Å². The number of aromatic nitrogens is 1. The Morgan fingerprint density at radius 2 is 1.82 bits per heavy atom. The zero-order valence-corrected chi connectivity index (χ0v) is 16.2. The lowest BCUT2D eigenvalue weighted by atomic mass is 10.1. The average molecular weight is 377 g/mol. The molecule has 0 saturated carbocycles. The molecule has 0 radical (unpaired) electrons. The number of nitrogens with one attached hydrogen (secondary N) is 2. The van der Waals surface area contributed by atoms with Gasteiger partial charge in [0.05, 0.1) is 37.4 Å². The highest BCUT2D eigenvalue weighted by Gasteiger charge is 2.12. The Labute approximate surface area is 164 Å². The van der Waals surface area contributed by atoms with Crippen molar-refractivity contribution in [2.45, 2.75) is 13.3 Å². The standard InChI is InChI=1S/C22H23N3O3/c1-4-15-7-5-6-8-19(15)24-17-11-16(13-23-14-17)22(26)25-20-12-18(27-2)9-10-21(20)28-3/h5-14,24H,4H2,1-3H3,(H,25,26). The molecule has 0 aliphatic rings. The number of rotatable bonds is 7. The van der Waals surface area contributed by atoms with Gasteiger partial charge in [0.1, 0.15) is 11.5 Å². The highest BCUT2D eigenvalue weighted by molar-refractivity contribution is 6.05. The first kappa shape index (κ1) is 19.2. The van der Waals surface area contributed by atoms with E-state index in [9.17, 15) is 4.79 Å². The molecule has 0 spiro atoms. The molecule has 144 valence electrons.